The lowest BCUT2D eigenvalue weighted by Gasteiger charge is -2.29. The van der Waals surface area contributed by atoms with Gasteiger partial charge in [-0.05, 0) is 56.5 Å². The van der Waals surface area contributed by atoms with E-state index in [0.29, 0.717) is 12.8 Å². The number of rotatable bonds is 5. The first-order chi connectivity index (χ1) is 9.54. The Labute approximate surface area is 120 Å². The Kier molecular flexibility index (Phi) is 5.16. The molecule has 1 aromatic rings. The van der Waals surface area contributed by atoms with Crippen molar-refractivity contribution in [2.24, 2.45) is 0 Å². The maximum Gasteiger partial charge on any atom is 0.181 e. The quantitative estimate of drug-likeness (QED) is 0.850. The van der Waals surface area contributed by atoms with Crippen molar-refractivity contribution in [2.75, 3.05) is 6.54 Å². The Morgan fingerprint density at radius 1 is 1.25 bits per heavy atom. The van der Waals surface area contributed by atoms with E-state index in [-0.39, 0.29) is 16.2 Å². The summed E-state index contributed by atoms with van der Waals surface area (Å²) < 4.78 is 38.0. The predicted molar refractivity (Wildman–Crippen MR) is 77.9 cm³/mol. The van der Waals surface area contributed by atoms with Crippen LogP contribution in [0.25, 0.3) is 0 Å². The molecule has 0 amide bonds. The largest absolute Gasteiger partial charge is 0.314 e. The average molecular weight is 299 g/mol. The highest BCUT2D eigenvalue weighted by molar-refractivity contribution is 7.92. The molecule has 1 N–H and O–H groups in total. The molecule has 1 aliphatic carbocycles. The summed E-state index contributed by atoms with van der Waals surface area (Å²) in [6, 6.07) is 5.44. The fourth-order valence-corrected chi connectivity index (χ4v) is 4.64. The fraction of sp³-hybridized carbons (Fsp3) is 0.600. The molecule has 0 heterocycles. The highest BCUT2D eigenvalue weighted by atomic mass is 32.2. The zero-order valence-electron chi connectivity index (χ0n) is 11.8. The topological polar surface area (TPSA) is 46.2 Å². The van der Waals surface area contributed by atoms with Gasteiger partial charge in [0.1, 0.15) is 5.82 Å². The molecule has 0 radical (unpaired) electrons. The van der Waals surface area contributed by atoms with Crippen LogP contribution in [0.5, 0.6) is 0 Å². The second-order valence-electron chi connectivity index (χ2n) is 5.44. The highest BCUT2D eigenvalue weighted by Gasteiger charge is 2.32. The summed E-state index contributed by atoms with van der Waals surface area (Å²) in [5, 5.41) is 3.06. The lowest BCUT2D eigenvalue weighted by Crippen LogP contribution is -2.39. The van der Waals surface area contributed by atoms with Crippen LogP contribution in [-0.2, 0) is 9.84 Å². The summed E-state index contributed by atoms with van der Waals surface area (Å²) in [5.74, 6) is -0.407. The molecule has 0 saturated heterocycles. The lowest BCUT2D eigenvalue weighted by atomic mass is 9.95. The molecule has 5 heteroatoms. The van der Waals surface area contributed by atoms with Crippen molar-refractivity contribution >= 4 is 9.84 Å². The van der Waals surface area contributed by atoms with Gasteiger partial charge >= 0.3 is 0 Å². The van der Waals surface area contributed by atoms with E-state index in [1.165, 1.54) is 24.3 Å². The summed E-state index contributed by atoms with van der Waals surface area (Å²) in [4.78, 5) is 0.236. The van der Waals surface area contributed by atoms with Gasteiger partial charge in [-0.3, -0.25) is 0 Å². The zero-order valence-corrected chi connectivity index (χ0v) is 12.6. The monoisotopic (exact) mass is 299 g/mol. The Morgan fingerprint density at radius 3 is 2.60 bits per heavy atom. The Hall–Kier alpha value is -0.940. The number of halogens is 1. The average Bonchev–Trinajstić information content (AvgIpc) is 2.46. The second kappa shape index (κ2) is 6.68. The Morgan fingerprint density at radius 2 is 1.95 bits per heavy atom. The molecule has 0 bridgehead atoms. The standard InChI is InChI=1S/C15H22FNO2S/c1-2-10-17-13-4-3-5-15(11-13)20(18,19)14-8-6-12(16)7-9-14/h6-9,13,15,17H,2-5,10-11H2,1H3. The van der Waals surface area contributed by atoms with E-state index in [0.717, 1.165) is 25.8 Å². The van der Waals surface area contributed by atoms with Crippen molar-refractivity contribution in [3.05, 3.63) is 30.1 Å². The molecule has 112 valence electrons. The second-order valence-corrected chi connectivity index (χ2v) is 7.67. The lowest BCUT2D eigenvalue weighted by molar-refractivity contribution is 0.372. The summed E-state index contributed by atoms with van der Waals surface area (Å²) in [5.41, 5.74) is 0. The molecule has 2 atom stereocenters. The van der Waals surface area contributed by atoms with Crippen molar-refractivity contribution in [1.82, 2.24) is 5.32 Å². The van der Waals surface area contributed by atoms with E-state index in [2.05, 4.69) is 12.2 Å². The summed E-state index contributed by atoms with van der Waals surface area (Å²) in [6.07, 6.45) is 4.36. The van der Waals surface area contributed by atoms with Gasteiger partial charge in [-0.1, -0.05) is 13.3 Å². The Balaban J connectivity index is 2.10. The molecule has 0 aliphatic heterocycles. The van der Waals surface area contributed by atoms with Gasteiger partial charge in [0, 0.05) is 6.04 Å². The number of benzene rings is 1. The van der Waals surface area contributed by atoms with E-state index in [9.17, 15) is 12.8 Å². The minimum absolute atomic E-state index is 0.236. The van der Waals surface area contributed by atoms with Crippen molar-refractivity contribution < 1.29 is 12.8 Å². The third-order valence-electron chi connectivity index (χ3n) is 3.89. The van der Waals surface area contributed by atoms with Crippen LogP contribution in [0.4, 0.5) is 4.39 Å². The van der Waals surface area contributed by atoms with E-state index in [4.69, 9.17) is 0 Å². The highest BCUT2D eigenvalue weighted by Crippen LogP contribution is 2.29. The van der Waals surface area contributed by atoms with E-state index < -0.39 is 15.7 Å². The number of hydrogen-bond donors (Lipinski definition) is 1. The van der Waals surface area contributed by atoms with Crippen LogP contribution >= 0.6 is 0 Å². The van der Waals surface area contributed by atoms with Crippen LogP contribution in [0.3, 0.4) is 0 Å². The van der Waals surface area contributed by atoms with Gasteiger partial charge in [0.25, 0.3) is 0 Å². The molecule has 1 aliphatic rings. The molecule has 1 aromatic carbocycles. The molecule has 0 spiro atoms. The van der Waals surface area contributed by atoms with Gasteiger partial charge in [-0.2, -0.15) is 0 Å². The van der Waals surface area contributed by atoms with Crippen LogP contribution in [-0.4, -0.2) is 26.3 Å². The number of hydrogen-bond acceptors (Lipinski definition) is 3. The number of nitrogens with one attached hydrogen (secondary N) is 1. The van der Waals surface area contributed by atoms with Gasteiger partial charge in [0.05, 0.1) is 10.1 Å². The van der Waals surface area contributed by atoms with Gasteiger partial charge in [0.2, 0.25) is 0 Å². The van der Waals surface area contributed by atoms with Gasteiger partial charge < -0.3 is 5.32 Å². The Bertz CT molecular complexity index is 527. The summed E-state index contributed by atoms with van der Waals surface area (Å²) in [7, 11) is -3.34. The van der Waals surface area contributed by atoms with Crippen molar-refractivity contribution in [1.29, 1.82) is 0 Å². The van der Waals surface area contributed by atoms with Crippen LogP contribution in [0.2, 0.25) is 0 Å². The third kappa shape index (κ3) is 3.58. The van der Waals surface area contributed by atoms with E-state index in [1.807, 2.05) is 0 Å². The first kappa shape index (κ1) is 15.4. The normalized spacial score (nSPS) is 23.7. The van der Waals surface area contributed by atoms with Crippen LogP contribution in [0.15, 0.2) is 29.2 Å². The van der Waals surface area contributed by atoms with Gasteiger partial charge in [0.15, 0.2) is 9.84 Å². The van der Waals surface area contributed by atoms with Crippen LogP contribution < -0.4 is 5.32 Å². The van der Waals surface area contributed by atoms with Crippen molar-refractivity contribution in [2.45, 2.75) is 55.2 Å². The van der Waals surface area contributed by atoms with E-state index >= 15 is 0 Å². The molecular weight excluding hydrogens is 277 g/mol. The van der Waals surface area contributed by atoms with Gasteiger partial charge in [-0.25, -0.2) is 12.8 Å². The molecule has 0 aromatic heterocycles. The molecule has 1 saturated carbocycles. The molecule has 1 fully saturated rings. The maximum atomic E-state index is 12.9. The molecule has 3 nitrogen and oxygen atoms in total. The first-order valence-corrected chi connectivity index (χ1v) is 8.81. The summed E-state index contributed by atoms with van der Waals surface area (Å²) in [6.45, 7) is 3.02. The van der Waals surface area contributed by atoms with Crippen LogP contribution in [0, 0.1) is 5.82 Å². The fourth-order valence-electron chi connectivity index (χ4n) is 2.78. The SMILES string of the molecule is CCCNC1CCCC(S(=O)(=O)c2ccc(F)cc2)C1. The minimum Gasteiger partial charge on any atom is -0.314 e. The molecular formula is C15H22FNO2S. The zero-order chi connectivity index (χ0) is 14.6. The number of sulfone groups is 1. The van der Waals surface area contributed by atoms with Crippen molar-refractivity contribution in [3.8, 4) is 0 Å². The predicted octanol–water partition coefficient (Wildman–Crippen LogP) is 2.91. The summed E-state index contributed by atoms with van der Waals surface area (Å²) >= 11 is 0. The maximum absolute atomic E-state index is 12.9. The minimum atomic E-state index is -3.34. The van der Waals surface area contributed by atoms with Gasteiger partial charge in [-0.15, -0.1) is 0 Å². The third-order valence-corrected chi connectivity index (χ3v) is 6.13. The first-order valence-electron chi connectivity index (χ1n) is 7.27. The molecule has 2 unspecified atom stereocenters. The van der Waals surface area contributed by atoms with Crippen molar-refractivity contribution in [3.63, 3.8) is 0 Å². The molecule has 20 heavy (non-hydrogen) atoms. The molecule has 2 rings (SSSR count). The van der Waals surface area contributed by atoms with Crippen LogP contribution in [0.1, 0.15) is 39.0 Å². The smallest absolute Gasteiger partial charge is 0.181 e. The van der Waals surface area contributed by atoms with E-state index in [1.54, 1.807) is 0 Å².